The fourth-order valence-corrected chi connectivity index (χ4v) is 6.42. The molecule has 0 bridgehead atoms. The first-order valence-corrected chi connectivity index (χ1v) is 13.3. The number of hydrogen-bond acceptors (Lipinski definition) is 6. The summed E-state index contributed by atoms with van der Waals surface area (Å²) in [5, 5.41) is 6.31. The summed E-state index contributed by atoms with van der Waals surface area (Å²) in [6.45, 7) is 2.05. The normalized spacial score (nSPS) is 15.2. The second-order valence-electron chi connectivity index (χ2n) is 9.00. The molecule has 0 radical (unpaired) electrons. The van der Waals surface area contributed by atoms with Crippen LogP contribution in [0.5, 0.6) is 0 Å². The molecular weight excluding hydrogens is 472 g/mol. The first kappa shape index (κ1) is 21.9. The molecule has 1 aliphatic carbocycles. The number of anilines is 2. The van der Waals surface area contributed by atoms with E-state index in [9.17, 15) is 4.79 Å². The van der Waals surface area contributed by atoms with Crippen LogP contribution in [0.4, 0.5) is 10.8 Å². The SMILES string of the molecule is Cc1ccc(-c2csc(NC(=O)c3sc4nc5c(cc4c3N)CC(c3ccccc3)CC5)n2)cc1. The van der Waals surface area contributed by atoms with Crippen molar-refractivity contribution >= 4 is 49.6 Å². The maximum atomic E-state index is 13.1. The standard InChI is InChI=1S/C28H24N4OS2/c1-16-7-9-18(10-8-16)23-15-34-28(31-23)32-26(33)25-24(29)21-14-20-13-19(17-5-3-2-4-6-17)11-12-22(20)30-27(21)35-25/h2-10,14-15,19H,11-13,29H2,1H3,(H,31,32,33). The number of thiophene rings is 1. The van der Waals surface area contributed by atoms with Crippen LogP contribution in [0, 0.1) is 6.92 Å². The molecule has 5 aromatic rings. The van der Waals surface area contributed by atoms with Crippen molar-refractivity contribution in [1.82, 2.24) is 9.97 Å². The molecule has 0 spiro atoms. The molecule has 1 amide bonds. The van der Waals surface area contributed by atoms with E-state index in [0.717, 1.165) is 46.4 Å². The van der Waals surface area contributed by atoms with E-state index in [1.165, 1.54) is 39.4 Å². The lowest BCUT2D eigenvalue weighted by Crippen LogP contribution is -2.14. The lowest BCUT2D eigenvalue weighted by Gasteiger charge is -2.24. The molecule has 0 fully saturated rings. The number of aromatic nitrogens is 2. The number of fused-ring (bicyclic) bond motifs is 2. The number of nitrogens with zero attached hydrogens (tertiary/aromatic N) is 2. The van der Waals surface area contributed by atoms with Crippen molar-refractivity contribution in [3.05, 3.63) is 93.3 Å². The number of benzene rings is 2. The van der Waals surface area contributed by atoms with Crippen molar-refractivity contribution in [3.63, 3.8) is 0 Å². The summed E-state index contributed by atoms with van der Waals surface area (Å²) >= 11 is 2.76. The summed E-state index contributed by atoms with van der Waals surface area (Å²) in [5.41, 5.74) is 13.8. The Hall–Kier alpha value is -3.55. The minimum absolute atomic E-state index is 0.240. The van der Waals surface area contributed by atoms with Crippen molar-refractivity contribution in [1.29, 1.82) is 0 Å². The average Bonchev–Trinajstić information content (AvgIpc) is 3.47. The summed E-state index contributed by atoms with van der Waals surface area (Å²) in [4.78, 5) is 23.9. The molecule has 0 aliphatic heterocycles. The second kappa shape index (κ2) is 8.91. The Bertz CT molecular complexity index is 1540. The molecule has 6 rings (SSSR count). The maximum absolute atomic E-state index is 13.1. The first-order valence-electron chi connectivity index (χ1n) is 11.6. The van der Waals surface area contributed by atoms with Crippen LogP contribution < -0.4 is 11.1 Å². The Kier molecular flexibility index (Phi) is 5.59. The zero-order chi connectivity index (χ0) is 23.9. The number of aryl methyl sites for hydroxylation is 2. The maximum Gasteiger partial charge on any atom is 0.269 e. The predicted octanol–water partition coefficient (Wildman–Crippen LogP) is 6.84. The van der Waals surface area contributed by atoms with Crippen LogP contribution in [0.3, 0.4) is 0 Å². The number of rotatable bonds is 4. The van der Waals surface area contributed by atoms with Gasteiger partial charge in [-0.05, 0) is 49.3 Å². The van der Waals surface area contributed by atoms with Crippen LogP contribution >= 0.6 is 22.7 Å². The number of thiazole rings is 1. The van der Waals surface area contributed by atoms with Crippen molar-refractivity contribution in [2.45, 2.75) is 32.1 Å². The zero-order valence-electron chi connectivity index (χ0n) is 19.2. The van der Waals surface area contributed by atoms with E-state index in [1.807, 2.05) is 17.5 Å². The fourth-order valence-electron chi connectivity index (χ4n) is 4.71. The smallest absolute Gasteiger partial charge is 0.269 e. The molecule has 5 nitrogen and oxygen atoms in total. The summed E-state index contributed by atoms with van der Waals surface area (Å²) < 4.78 is 0. The van der Waals surface area contributed by atoms with Crippen LogP contribution in [0.15, 0.2) is 66.0 Å². The van der Waals surface area contributed by atoms with Crippen LogP contribution in [0.25, 0.3) is 21.5 Å². The highest BCUT2D eigenvalue weighted by atomic mass is 32.1. The lowest BCUT2D eigenvalue weighted by molar-refractivity contribution is 0.103. The third-order valence-electron chi connectivity index (χ3n) is 6.63. The number of nitrogen functional groups attached to an aromatic ring is 1. The topological polar surface area (TPSA) is 80.9 Å². The Morgan fingerprint density at radius 3 is 2.69 bits per heavy atom. The Labute approximate surface area is 211 Å². The van der Waals surface area contributed by atoms with Gasteiger partial charge in [-0.1, -0.05) is 60.2 Å². The molecule has 0 saturated carbocycles. The molecule has 174 valence electrons. The van der Waals surface area contributed by atoms with E-state index in [1.54, 1.807) is 0 Å². The molecule has 0 saturated heterocycles. The van der Waals surface area contributed by atoms with E-state index in [2.05, 4.69) is 65.8 Å². The van der Waals surface area contributed by atoms with Gasteiger partial charge in [0.2, 0.25) is 0 Å². The van der Waals surface area contributed by atoms with Crippen LogP contribution in [-0.2, 0) is 12.8 Å². The van der Waals surface area contributed by atoms with Gasteiger partial charge in [0, 0.05) is 22.0 Å². The van der Waals surface area contributed by atoms with Crippen LogP contribution in [-0.4, -0.2) is 15.9 Å². The van der Waals surface area contributed by atoms with Gasteiger partial charge in [-0.2, -0.15) is 0 Å². The molecule has 1 aliphatic rings. The summed E-state index contributed by atoms with van der Waals surface area (Å²) in [7, 11) is 0. The number of pyridine rings is 1. The first-order chi connectivity index (χ1) is 17.0. The molecule has 3 heterocycles. The van der Waals surface area contributed by atoms with Gasteiger partial charge >= 0.3 is 0 Å². The fraction of sp³-hybridized carbons (Fsp3) is 0.179. The van der Waals surface area contributed by atoms with Gasteiger partial charge in [-0.15, -0.1) is 22.7 Å². The highest BCUT2D eigenvalue weighted by Gasteiger charge is 2.25. The van der Waals surface area contributed by atoms with E-state index < -0.39 is 0 Å². The molecule has 3 N–H and O–H groups in total. The predicted molar refractivity (Wildman–Crippen MR) is 145 cm³/mol. The average molecular weight is 497 g/mol. The highest BCUT2D eigenvalue weighted by molar-refractivity contribution is 7.21. The van der Waals surface area contributed by atoms with Gasteiger partial charge in [0.25, 0.3) is 5.91 Å². The number of nitrogens with two attached hydrogens (primary N) is 1. The number of carbonyl (C=O) groups is 1. The largest absolute Gasteiger partial charge is 0.397 e. The van der Waals surface area contributed by atoms with Crippen molar-refractivity contribution in [3.8, 4) is 11.3 Å². The van der Waals surface area contributed by atoms with Crippen LogP contribution in [0.1, 0.15) is 44.4 Å². The van der Waals surface area contributed by atoms with Crippen molar-refractivity contribution in [2.24, 2.45) is 0 Å². The molecule has 1 unspecified atom stereocenters. The minimum Gasteiger partial charge on any atom is -0.397 e. The monoisotopic (exact) mass is 496 g/mol. The van der Waals surface area contributed by atoms with Gasteiger partial charge in [0.1, 0.15) is 9.71 Å². The Balaban J connectivity index is 1.25. The summed E-state index contributed by atoms with van der Waals surface area (Å²) in [5.74, 6) is 0.244. The van der Waals surface area contributed by atoms with Gasteiger partial charge < -0.3 is 5.73 Å². The van der Waals surface area contributed by atoms with Gasteiger partial charge in [-0.25, -0.2) is 9.97 Å². The molecule has 7 heteroatoms. The van der Waals surface area contributed by atoms with Crippen molar-refractivity contribution in [2.75, 3.05) is 11.1 Å². The lowest BCUT2D eigenvalue weighted by atomic mass is 9.82. The van der Waals surface area contributed by atoms with Gasteiger partial charge in [-0.3, -0.25) is 10.1 Å². The molecule has 3 aromatic heterocycles. The van der Waals surface area contributed by atoms with Gasteiger partial charge in [0.15, 0.2) is 5.13 Å². The Morgan fingerprint density at radius 1 is 1.09 bits per heavy atom. The number of hydrogen-bond donors (Lipinski definition) is 2. The third kappa shape index (κ3) is 4.22. The zero-order valence-corrected chi connectivity index (χ0v) is 20.9. The van der Waals surface area contributed by atoms with Gasteiger partial charge in [0.05, 0.1) is 11.4 Å². The molecular formula is C28H24N4OS2. The Morgan fingerprint density at radius 2 is 1.89 bits per heavy atom. The quantitative estimate of drug-likeness (QED) is 0.286. The van der Waals surface area contributed by atoms with Crippen molar-refractivity contribution < 1.29 is 4.79 Å². The number of amides is 1. The molecule has 2 aromatic carbocycles. The summed E-state index contributed by atoms with van der Waals surface area (Å²) in [6, 6.07) is 21.0. The molecule has 1 atom stereocenters. The van der Waals surface area contributed by atoms with Crippen LogP contribution in [0.2, 0.25) is 0 Å². The van der Waals surface area contributed by atoms with E-state index in [0.29, 0.717) is 21.6 Å². The van der Waals surface area contributed by atoms with E-state index in [4.69, 9.17) is 10.7 Å². The van der Waals surface area contributed by atoms with E-state index >= 15 is 0 Å². The second-order valence-corrected chi connectivity index (χ2v) is 10.9. The summed E-state index contributed by atoms with van der Waals surface area (Å²) in [6.07, 6.45) is 2.96. The molecule has 35 heavy (non-hydrogen) atoms. The highest BCUT2D eigenvalue weighted by Crippen LogP contribution is 2.39. The minimum atomic E-state index is -0.240. The number of carbonyl (C=O) groups excluding carboxylic acids is 1. The van der Waals surface area contributed by atoms with E-state index in [-0.39, 0.29) is 5.91 Å². The third-order valence-corrected chi connectivity index (χ3v) is 8.51. The number of nitrogens with one attached hydrogen (secondary N) is 1.